The Kier molecular flexibility index (Phi) is 4.88. The Morgan fingerprint density at radius 3 is 2.28 bits per heavy atom. The highest BCUT2D eigenvalue weighted by Gasteiger charge is 2.20. The van der Waals surface area contributed by atoms with Crippen LogP contribution in [-0.2, 0) is 10.0 Å². The van der Waals surface area contributed by atoms with Crippen LogP contribution in [0.5, 0.6) is 0 Å². The van der Waals surface area contributed by atoms with E-state index in [4.69, 9.17) is 5.26 Å². The third-order valence-electron chi connectivity index (χ3n) is 3.13. The fraction of sp³-hybridized carbons (Fsp3) is 0.462. The predicted molar refractivity (Wildman–Crippen MR) is 70.4 cm³/mol. The van der Waals surface area contributed by atoms with Gasteiger partial charge in [-0.2, -0.15) is 5.26 Å². The second-order valence-electron chi connectivity index (χ2n) is 4.43. The highest BCUT2D eigenvalue weighted by Crippen LogP contribution is 2.14. The Hall–Kier alpha value is -1.38. The molecule has 2 unspecified atom stereocenters. The fourth-order valence-corrected chi connectivity index (χ4v) is 2.84. The maximum atomic E-state index is 12.1. The number of hydrogen-bond donors (Lipinski definition) is 1. The van der Waals surface area contributed by atoms with Crippen LogP contribution >= 0.6 is 0 Å². The van der Waals surface area contributed by atoms with Gasteiger partial charge in [0.15, 0.2) is 0 Å². The number of nitrogens with one attached hydrogen (secondary N) is 1. The molecule has 0 saturated carbocycles. The van der Waals surface area contributed by atoms with E-state index >= 15 is 0 Å². The zero-order valence-electron chi connectivity index (χ0n) is 10.8. The van der Waals surface area contributed by atoms with Crippen LogP contribution in [0.2, 0.25) is 0 Å². The van der Waals surface area contributed by atoms with Crippen molar-refractivity contribution in [3.63, 3.8) is 0 Å². The molecule has 0 amide bonds. The number of benzene rings is 1. The van der Waals surface area contributed by atoms with Crippen molar-refractivity contribution in [1.29, 1.82) is 5.26 Å². The first kappa shape index (κ1) is 14.7. The Labute approximate surface area is 109 Å². The van der Waals surface area contributed by atoms with Crippen LogP contribution in [0.1, 0.15) is 32.8 Å². The summed E-state index contributed by atoms with van der Waals surface area (Å²) in [5.41, 5.74) is 0.448. The topological polar surface area (TPSA) is 70.0 Å². The second kappa shape index (κ2) is 5.98. The van der Waals surface area contributed by atoms with Crippen molar-refractivity contribution in [3.05, 3.63) is 29.8 Å². The van der Waals surface area contributed by atoms with E-state index in [9.17, 15) is 8.42 Å². The van der Waals surface area contributed by atoms with E-state index in [1.165, 1.54) is 24.3 Å². The van der Waals surface area contributed by atoms with E-state index in [1.807, 2.05) is 26.8 Å². The molecule has 0 aliphatic rings. The number of hydrogen-bond acceptors (Lipinski definition) is 3. The van der Waals surface area contributed by atoms with Crippen molar-refractivity contribution >= 4 is 10.0 Å². The summed E-state index contributed by atoms with van der Waals surface area (Å²) in [5, 5.41) is 8.67. The highest BCUT2D eigenvalue weighted by molar-refractivity contribution is 7.89. The van der Waals surface area contributed by atoms with Gasteiger partial charge in [-0.3, -0.25) is 0 Å². The van der Waals surface area contributed by atoms with Crippen LogP contribution in [-0.4, -0.2) is 14.5 Å². The number of nitrogens with zero attached hydrogens (tertiary/aromatic N) is 1. The van der Waals surface area contributed by atoms with Crippen LogP contribution in [0, 0.1) is 17.2 Å². The van der Waals surface area contributed by atoms with E-state index in [2.05, 4.69) is 4.72 Å². The average molecular weight is 266 g/mol. The van der Waals surface area contributed by atoms with Gasteiger partial charge in [-0.05, 0) is 37.1 Å². The third-order valence-corrected chi connectivity index (χ3v) is 4.71. The first-order chi connectivity index (χ1) is 8.40. The molecule has 0 radical (unpaired) electrons. The third kappa shape index (κ3) is 3.56. The standard InChI is InChI=1S/C13H18N2O2S/c1-4-10(2)11(3)15-18(16,17)13-7-5-12(9-14)6-8-13/h5-8,10-11,15H,4H2,1-3H3. The quantitative estimate of drug-likeness (QED) is 0.888. The molecule has 0 fully saturated rings. The van der Waals surface area contributed by atoms with E-state index in [-0.39, 0.29) is 16.9 Å². The lowest BCUT2D eigenvalue weighted by molar-refractivity contribution is 0.434. The van der Waals surface area contributed by atoms with Gasteiger partial charge in [0.2, 0.25) is 10.0 Å². The summed E-state index contributed by atoms with van der Waals surface area (Å²) in [4.78, 5) is 0.191. The number of nitriles is 1. The maximum absolute atomic E-state index is 12.1. The zero-order chi connectivity index (χ0) is 13.8. The van der Waals surface area contributed by atoms with Gasteiger partial charge >= 0.3 is 0 Å². The summed E-state index contributed by atoms with van der Waals surface area (Å²) in [6.07, 6.45) is 0.914. The van der Waals surface area contributed by atoms with Crippen molar-refractivity contribution in [2.75, 3.05) is 0 Å². The molecule has 0 bridgehead atoms. The van der Waals surface area contributed by atoms with Crippen molar-refractivity contribution in [3.8, 4) is 6.07 Å². The number of sulfonamides is 1. The molecule has 4 nitrogen and oxygen atoms in total. The molecular weight excluding hydrogens is 248 g/mol. The SMILES string of the molecule is CCC(C)C(C)NS(=O)(=O)c1ccc(C#N)cc1. The van der Waals surface area contributed by atoms with Gasteiger partial charge in [0.05, 0.1) is 16.5 Å². The van der Waals surface area contributed by atoms with Crippen molar-refractivity contribution in [2.24, 2.45) is 5.92 Å². The fourth-order valence-electron chi connectivity index (χ4n) is 1.49. The van der Waals surface area contributed by atoms with Gasteiger partial charge in [-0.15, -0.1) is 0 Å². The molecule has 2 atom stereocenters. The molecule has 0 saturated heterocycles. The molecule has 1 aromatic carbocycles. The van der Waals surface area contributed by atoms with Gasteiger partial charge in [0.25, 0.3) is 0 Å². The van der Waals surface area contributed by atoms with Gasteiger partial charge < -0.3 is 0 Å². The van der Waals surface area contributed by atoms with Crippen LogP contribution in [0.3, 0.4) is 0 Å². The molecule has 1 N–H and O–H groups in total. The maximum Gasteiger partial charge on any atom is 0.240 e. The van der Waals surface area contributed by atoms with Crippen molar-refractivity contribution in [1.82, 2.24) is 4.72 Å². The minimum Gasteiger partial charge on any atom is -0.208 e. The minimum atomic E-state index is -3.50. The zero-order valence-corrected chi connectivity index (χ0v) is 11.7. The lowest BCUT2D eigenvalue weighted by atomic mass is 10.0. The van der Waals surface area contributed by atoms with Crippen molar-refractivity contribution in [2.45, 2.75) is 38.1 Å². The lowest BCUT2D eigenvalue weighted by Crippen LogP contribution is -2.36. The van der Waals surface area contributed by atoms with Crippen molar-refractivity contribution < 1.29 is 8.42 Å². The molecule has 0 spiro atoms. The van der Waals surface area contributed by atoms with Gasteiger partial charge in [-0.25, -0.2) is 13.1 Å². The Morgan fingerprint density at radius 1 is 1.28 bits per heavy atom. The van der Waals surface area contributed by atoms with Crippen LogP contribution in [0.25, 0.3) is 0 Å². The smallest absolute Gasteiger partial charge is 0.208 e. The van der Waals surface area contributed by atoms with Crippen LogP contribution < -0.4 is 4.72 Å². The monoisotopic (exact) mass is 266 g/mol. The molecule has 18 heavy (non-hydrogen) atoms. The lowest BCUT2D eigenvalue weighted by Gasteiger charge is -2.19. The van der Waals surface area contributed by atoms with E-state index in [0.29, 0.717) is 5.56 Å². The summed E-state index contributed by atoms with van der Waals surface area (Å²) >= 11 is 0. The van der Waals surface area contributed by atoms with E-state index in [1.54, 1.807) is 0 Å². The second-order valence-corrected chi connectivity index (χ2v) is 6.15. The molecule has 0 aliphatic heterocycles. The summed E-state index contributed by atoms with van der Waals surface area (Å²) in [6, 6.07) is 7.75. The molecule has 1 aromatic rings. The minimum absolute atomic E-state index is 0.115. The Bertz CT molecular complexity index is 529. The van der Waals surface area contributed by atoms with E-state index in [0.717, 1.165) is 6.42 Å². The summed E-state index contributed by atoms with van der Waals surface area (Å²) in [7, 11) is -3.50. The molecule has 5 heteroatoms. The molecular formula is C13H18N2O2S. The molecule has 0 aromatic heterocycles. The molecule has 98 valence electrons. The first-order valence-corrected chi connectivity index (χ1v) is 7.41. The molecule has 1 rings (SSSR count). The largest absolute Gasteiger partial charge is 0.240 e. The average Bonchev–Trinajstić information content (AvgIpc) is 2.37. The Balaban J connectivity index is 2.90. The van der Waals surface area contributed by atoms with E-state index < -0.39 is 10.0 Å². The van der Waals surface area contributed by atoms with Gasteiger partial charge in [0, 0.05) is 6.04 Å². The van der Waals surface area contributed by atoms with Crippen LogP contribution in [0.15, 0.2) is 29.2 Å². The first-order valence-electron chi connectivity index (χ1n) is 5.93. The van der Waals surface area contributed by atoms with Gasteiger partial charge in [-0.1, -0.05) is 20.3 Å². The summed E-state index contributed by atoms with van der Waals surface area (Å²) in [6.45, 7) is 5.89. The predicted octanol–water partition coefficient (Wildman–Crippen LogP) is 2.27. The van der Waals surface area contributed by atoms with Gasteiger partial charge in [0.1, 0.15) is 0 Å². The molecule has 0 heterocycles. The molecule has 0 aliphatic carbocycles. The normalized spacial score (nSPS) is 14.8. The summed E-state index contributed by atoms with van der Waals surface area (Å²) < 4.78 is 26.8. The Morgan fingerprint density at radius 2 is 1.83 bits per heavy atom. The number of rotatable bonds is 5. The highest BCUT2D eigenvalue weighted by atomic mass is 32.2. The summed E-state index contributed by atoms with van der Waals surface area (Å²) in [5.74, 6) is 0.276. The van der Waals surface area contributed by atoms with Crippen LogP contribution in [0.4, 0.5) is 0 Å².